The molecule has 5 rings (SSSR count). The summed E-state index contributed by atoms with van der Waals surface area (Å²) in [6.45, 7) is 11.8. The van der Waals surface area contributed by atoms with Gasteiger partial charge in [-0.3, -0.25) is 9.59 Å². The molecular weight excluding hydrogens is 1040 g/mol. The average Bonchev–Trinajstić information content (AvgIpc) is 3.59. The first-order valence-electron chi connectivity index (χ1n) is 26.8. The van der Waals surface area contributed by atoms with Crippen LogP contribution in [-0.2, 0) is 32.7 Å². The smallest absolute Gasteiger partial charge is 0.450 e. The fourth-order valence-electron chi connectivity index (χ4n) is 12.5. The van der Waals surface area contributed by atoms with Crippen LogP contribution >= 0.6 is 12.0 Å². The topological polar surface area (TPSA) is 118 Å². The van der Waals surface area contributed by atoms with E-state index in [-0.39, 0.29) is 81.4 Å². The van der Waals surface area contributed by atoms with Crippen LogP contribution in [0.5, 0.6) is 0 Å². The largest absolute Gasteiger partial charge is 0.509 e. The van der Waals surface area contributed by atoms with Crippen LogP contribution in [0.1, 0.15) is 236 Å². The second kappa shape index (κ2) is 27.3. The number of rotatable bonds is 31. The van der Waals surface area contributed by atoms with Gasteiger partial charge in [-0.1, -0.05) is 202 Å². The van der Waals surface area contributed by atoms with E-state index in [0.29, 0.717) is 18.4 Å². The summed E-state index contributed by atoms with van der Waals surface area (Å²) in [5.41, 5.74) is -3.78. The second-order valence-corrected chi connectivity index (χ2v) is 21.7. The van der Waals surface area contributed by atoms with Gasteiger partial charge in [0.05, 0.1) is 18.8 Å². The summed E-state index contributed by atoms with van der Waals surface area (Å²) in [5.74, 6) is -1.89. The Morgan fingerprint density at radius 3 is 1.69 bits per heavy atom. The number of ketones is 1. The molecule has 2 bridgehead atoms. The predicted molar refractivity (Wildman–Crippen MR) is 253 cm³/mol. The molecule has 64 heavy (non-hydrogen) atoms. The number of ether oxygens (including phenoxy) is 4. The molecule has 11 heteroatoms. The van der Waals surface area contributed by atoms with E-state index in [1.165, 1.54) is 148 Å². The minimum absolute atomic E-state index is 0. The SMILES string of the molecule is [3H]CSO[C@H]1C[C@@]23OC(=O)O[C@H]2[C@@H]2[C@]4(O)CO[C@@H]4C[C@H](C)[C@@]2(C)C(=O)[C@H](OC(=O)CCCCCCCCCCCCCCCCCCCCCCCCCCCCC)C(=C1C)C3(C)C.[Ac]. The van der Waals surface area contributed by atoms with Crippen LogP contribution in [0.3, 0.4) is 0 Å². The van der Waals surface area contributed by atoms with Gasteiger partial charge in [0.1, 0.15) is 5.60 Å². The molecule has 9 atom stereocenters. The Morgan fingerprint density at radius 2 is 1.25 bits per heavy atom. The van der Waals surface area contributed by atoms with E-state index >= 15 is 4.79 Å². The maximum atomic E-state index is 15.3. The van der Waals surface area contributed by atoms with E-state index in [1.54, 1.807) is 0 Å². The standard InChI is InChI=1S/C53H90O9S.Ac/c1-8-9-10-11-12-13-14-15-16-17-18-19-20-21-22-23-24-25-26-27-28-29-30-31-32-33-34-35-43(54)59-45-44-40(3)41(62-63-7)37-53(50(44,4)5)48(60-49(56)61-53)46-51(6,47(45)55)39(2)36-42-52(46,57)38-58-42;/h39,41-42,45-46,48,57H,8-38H2,1-7H3;/t39-,41-,42+,45+,46-,48-,51+,52-,53+;/m0./s1/i7T;. The number of hydrogen-bond donors (Lipinski definition) is 1. The van der Waals surface area contributed by atoms with Crippen molar-refractivity contribution in [3.05, 3.63) is 11.1 Å². The maximum absolute atomic E-state index is 15.3. The monoisotopic (exact) mass is 1130 g/mol. The minimum Gasteiger partial charge on any atom is -0.450 e. The Morgan fingerprint density at radius 1 is 0.781 bits per heavy atom. The summed E-state index contributed by atoms with van der Waals surface area (Å²) < 4.78 is 38.5. The number of carbonyl (C=O) groups is 3. The Hall–Kier alpha value is -0.178. The zero-order chi connectivity index (χ0) is 46.2. The fraction of sp³-hybridized carbons (Fsp3) is 0.906. The van der Waals surface area contributed by atoms with Gasteiger partial charge in [-0.15, -0.1) is 0 Å². The molecule has 1 N–H and O–H groups in total. The van der Waals surface area contributed by atoms with E-state index < -0.39 is 64.5 Å². The summed E-state index contributed by atoms with van der Waals surface area (Å²) in [5, 5.41) is 12.3. The van der Waals surface area contributed by atoms with Gasteiger partial charge >= 0.3 is 12.1 Å². The molecule has 2 aliphatic heterocycles. The third kappa shape index (κ3) is 13.4. The first-order chi connectivity index (χ1) is 30.8. The van der Waals surface area contributed by atoms with Gasteiger partial charge < -0.3 is 28.2 Å². The molecule has 0 aromatic carbocycles. The number of esters is 1. The summed E-state index contributed by atoms with van der Waals surface area (Å²) in [4.78, 5) is 42.4. The third-order valence-electron chi connectivity index (χ3n) is 16.7. The molecule has 2 saturated heterocycles. The summed E-state index contributed by atoms with van der Waals surface area (Å²) in [6, 6.07) is 0. The van der Waals surface area contributed by atoms with Crippen molar-refractivity contribution in [3.8, 4) is 0 Å². The van der Waals surface area contributed by atoms with Crippen molar-refractivity contribution in [2.24, 2.45) is 22.7 Å². The Kier molecular flexibility index (Phi) is 23.3. The first kappa shape index (κ1) is 54.8. The van der Waals surface area contributed by atoms with Crippen molar-refractivity contribution in [1.82, 2.24) is 0 Å². The molecule has 2 heterocycles. The summed E-state index contributed by atoms with van der Waals surface area (Å²) in [6.07, 6.45) is 32.3. The molecule has 0 amide bonds. The Labute approximate surface area is 431 Å². The van der Waals surface area contributed by atoms with Gasteiger partial charge in [-0.2, -0.15) is 0 Å². The summed E-state index contributed by atoms with van der Waals surface area (Å²) in [7, 11) is 0. The van der Waals surface area contributed by atoms with Crippen LogP contribution in [-0.4, -0.2) is 71.5 Å². The van der Waals surface area contributed by atoms with Crippen molar-refractivity contribution in [1.29, 1.82) is 0 Å². The van der Waals surface area contributed by atoms with Gasteiger partial charge in [-0.25, -0.2) is 4.79 Å². The van der Waals surface area contributed by atoms with E-state index in [2.05, 4.69) is 6.92 Å². The zero-order valence-corrected chi connectivity index (χ0v) is 46.9. The van der Waals surface area contributed by atoms with Crippen molar-refractivity contribution < 1.29 is 88.1 Å². The Bertz CT molecular complexity index is 1510. The van der Waals surface area contributed by atoms with E-state index in [9.17, 15) is 14.7 Å². The zero-order valence-electron chi connectivity index (χ0n) is 42.3. The van der Waals surface area contributed by atoms with Crippen LogP contribution in [0, 0.1) is 66.7 Å². The van der Waals surface area contributed by atoms with Crippen LogP contribution in [0.4, 0.5) is 4.79 Å². The quantitative estimate of drug-likeness (QED) is 0.0311. The molecule has 365 valence electrons. The molecule has 3 aliphatic carbocycles. The molecule has 2 saturated carbocycles. The molecule has 0 aromatic rings. The van der Waals surface area contributed by atoms with Gasteiger partial charge in [0.15, 0.2) is 23.6 Å². The van der Waals surface area contributed by atoms with Crippen LogP contribution < -0.4 is 0 Å². The van der Waals surface area contributed by atoms with Crippen molar-refractivity contribution in [3.63, 3.8) is 0 Å². The molecule has 5 aliphatic rings. The van der Waals surface area contributed by atoms with Crippen molar-refractivity contribution in [2.75, 3.05) is 12.8 Å². The van der Waals surface area contributed by atoms with E-state index in [4.69, 9.17) is 24.5 Å². The van der Waals surface area contributed by atoms with Gasteiger partial charge in [0.25, 0.3) is 0 Å². The van der Waals surface area contributed by atoms with Crippen LogP contribution in [0.2, 0.25) is 0 Å². The number of Topliss-reactive ketones (excluding diaryl/α,β-unsaturated/α-hetero) is 1. The number of unbranched alkanes of at least 4 members (excludes halogenated alkanes) is 26. The average molecular weight is 1130 g/mol. The van der Waals surface area contributed by atoms with Crippen molar-refractivity contribution >= 4 is 30.0 Å². The molecular formula is C53H90AcO9S. The van der Waals surface area contributed by atoms with E-state index in [1.807, 2.05) is 34.6 Å². The summed E-state index contributed by atoms with van der Waals surface area (Å²) >= 11 is 0.972. The molecule has 0 unspecified atom stereocenters. The molecule has 1 spiro atoms. The van der Waals surface area contributed by atoms with Gasteiger partial charge in [0, 0.05) is 81.3 Å². The number of hydrogen-bond acceptors (Lipinski definition) is 10. The molecule has 0 aromatic heterocycles. The number of aliphatic hydroxyl groups is 1. The minimum atomic E-state index is -1.45. The van der Waals surface area contributed by atoms with Crippen LogP contribution in [0.25, 0.3) is 0 Å². The van der Waals surface area contributed by atoms with E-state index in [0.717, 1.165) is 36.9 Å². The second-order valence-electron chi connectivity index (χ2n) is 21.3. The number of fused-ring (bicyclic) bond motifs is 5. The fourth-order valence-corrected chi connectivity index (χ4v) is 12.9. The Balaban J connectivity index is 0.00000925. The van der Waals surface area contributed by atoms with Gasteiger partial charge in [0.2, 0.25) is 0 Å². The maximum Gasteiger partial charge on any atom is 0.509 e. The van der Waals surface area contributed by atoms with Crippen LogP contribution in [0.15, 0.2) is 11.1 Å². The van der Waals surface area contributed by atoms with Crippen molar-refractivity contribution in [2.45, 2.75) is 270 Å². The molecule has 1 radical (unpaired) electrons. The molecule has 9 nitrogen and oxygen atoms in total. The third-order valence-corrected chi connectivity index (χ3v) is 17.0. The normalized spacial score (nSPS) is 31.6. The van der Waals surface area contributed by atoms with Gasteiger partial charge in [-0.05, 0) is 48.9 Å². The first-order valence-corrected chi connectivity index (χ1v) is 27.0. The number of carbonyl (C=O) groups excluding carboxylic acids is 3. The predicted octanol–water partition coefficient (Wildman–Crippen LogP) is 13.9. The molecule has 4 fully saturated rings.